The van der Waals surface area contributed by atoms with E-state index in [2.05, 4.69) is 10.0 Å². The number of rotatable bonds is 6. The zero-order valence-electron chi connectivity index (χ0n) is 9.91. The Kier molecular flexibility index (Phi) is 5.28. The molecule has 0 radical (unpaired) electrons. The fraction of sp³-hybridized carbons (Fsp3) is 0.250. The van der Waals surface area contributed by atoms with Crippen LogP contribution >= 0.6 is 0 Å². The summed E-state index contributed by atoms with van der Waals surface area (Å²) in [6.45, 7) is 0.378. The highest BCUT2D eigenvalue weighted by atomic mass is 16.5. The van der Waals surface area contributed by atoms with Gasteiger partial charge < -0.3 is 9.84 Å². The summed E-state index contributed by atoms with van der Waals surface area (Å²) in [6, 6.07) is 4.74. The number of carboxylic acid groups (broad SMARTS) is 1. The van der Waals surface area contributed by atoms with Crippen LogP contribution in [0.15, 0.2) is 29.4 Å². The highest BCUT2D eigenvalue weighted by Gasteiger charge is 2.05. The number of aromatic carboxylic acids is 1. The Hall–Kier alpha value is -2.46. The summed E-state index contributed by atoms with van der Waals surface area (Å²) in [5.74, 6) is -0.512. The monoisotopic (exact) mass is 247 g/mol. The average Bonchev–Trinajstić information content (AvgIpc) is 2.38. The molecule has 0 aliphatic carbocycles. The van der Waals surface area contributed by atoms with E-state index < -0.39 is 5.97 Å². The first-order valence-electron chi connectivity index (χ1n) is 5.27. The Labute approximate surface area is 104 Å². The van der Waals surface area contributed by atoms with Crippen LogP contribution in [0.1, 0.15) is 22.3 Å². The Balaban J connectivity index is 2.84. The lowest BCUT2D eigenvalue weighted by Crippen LogP contribution is -1.97. The minimum absolute atomic E-state index is 0.170. The van der Waals surface area contributed by atoms with Gasteiger partial charge in [-0.05, 0) is 35.7 Å². The molecule has 1 aromatic carbocycles. The van der Waals surface area contributed by atoms with Crippen LogP contribution in [-0.2, 0) is 0 Å². The van der Waals surface area contributed by atoms with E-state index in [0.717, 1.165) is 5.56 Å². The third kappa shape index (κ3) is 4.19. The van der Waals surface area contributed by atoms with Crippen LogP contribution < -0.4 is 4.74 Å². The van der Waals surface area contributed by atoms with Gasteiger partial charge in [-0.3, -0.25) is 0 Å². The lowest BCUT2D eigenvalue weighted by atomic mass is 10.1. The zero-order chi connectivity index (χ0) is 13.4. The molecule has 0 aliphatic rings. The Morgan fingerprint density at radius 1 is 1.56 bits per heavy atom. The molecule has 6 nitrogen and oxygen atoms in total. The van der Waals surface area contributed by atoms with Crippen molar-refractivity contribution in [1.82, 2.24) is 0 Å². The van der Waals surface area contributed by atoms with E-state index in [0.29, 0.717) is 18.7 Å². The van der Waals surface area contributed by atoms with E-state index in [1.165, 1.54) is 13.2 Å². The SMILES string of the molecule is COc1cc(C=CCCN=[N+]=[N-])cc(C(=O)O)c1. The molecule has 0 saturated carbocycles. The van der Waals surface area contributed by atoms with Gasteiger partial charge in [-0.25, -0.2) is 4.79 Å². The Morgan fingerprint density at radius 3 is 2.94 bits per heavy atom. The summed E-state index contributed by atoms with van der Waals surface area (Å²) < 4.78 is 5.03. The number of ether oxygens (including phenoxy) is 1. The molecule has 0 bridgehead atoms. The number of nitrogens with zero attached hydrogens (tertiary/aromatic N) is 3. The quantitative estimate of drug-likeness (QED) is 0.362. The molecule has 0 saturated heterocycles. The molecule has 0 spiro atoms. The number of carbonyl (C=O) groups is 1. The summed E-state index contributed by atoms with van der Waals surface area (Å²) in [5, 5.41) is 12.3. The molecule has 18 heavy (non-hydrogen) atoms. The molecule has 6 heteroatoms. The van der Waals surface area contributed by atoms with E-state index in [1.54, 1.807) is 18.2 Å². The van der Waals surface area contributed by atoms with Gasteiger partial charge in [0.15, 0.2) is 0 Å². The third-order valence-corrected chi connectivity index (χ3v) is 2.18. The molecule has 94 valence electrons. The van der Waals surface area contributed by atoms with Gasteiger partial charge in [-0.2, -0.15) is 0 Å². The summed E-state index contributed by atoms with van der Waals surface area (Å²) in [5.41, 5.74) is 9.00. The molecule has 1 aromatic rings. The molecular formula is C12H13N3O3. The van der Waals surface area contributed by atoms with Gasteiger partial charge >= 0.3 is 5.97 Å². The van der Waals surface area contributed by atoms with Crippen molar-refractivity contribution >= 4 is 12.0 Å². The topological polar surface area (TPSA) is 95.3 Å². The fourth-order valence-corrected chi connectivity index (χ4v) is 1.36. The number of hydrogen-bond acceptors (Lipinski definition) is 3. The van der Waals surface area contributed by atoms with Crippen molar-refractivity contribution in [1.29, 1.82) is 0 Å². The summed E-state index contributed by atoms with van der Waals surface area (Å²) in [7, 11) is 1.48. The molecule has 0 fully saturated rings. The second-order valence-electron chi connectivity index (χ2n) is 3.45. The van der Waals surface area contributed by atoms with Gasteiger partial charge in [0.2, 0.25) is 0 Å². The zero-order valence-corrected chi connectivity index (χ0v) is 9.91. The van der Waals surface area contributed by atoms with Crippen molar-refractivity contribution in [2.75, 3.05) is 13.7 Å². The molecule has 0 aliphatic heterocycles. The molecule has 0 heterocycles. The average molecular weight is 247 g/mol. The van der Waals surface area contributed by atoms with Crippen LogP contribution in [0, 0.1) is 0 Å². The molecule has 0 unspecified atom stereocenters. The van der Waals surface area contributed by atoms with E-state index in [9.17, 15) is 4.79 Å². The van der Waals surface area contributed by atoms with Crippen LogP contribution in [0.3, 0.4) is 0 Å². The van der Waals surface area contributed by atoms with Crippen LogP contribution in [-0.4, -0.2) is 24.7 Å². The summed E-state index contributed by atoms with van der Waals surface area (Å²) in [6.07, 6.45) is 4.18. The summed E-state index contributed by atoms with van der Waals surface area (Å²) in [4.78, 5) is 13.5. The van der Waals surface area contributed by atoms with Gasteiger partial charge in [0.25, 0.3) is 0 Å². The first kappa shape index (κ1) is 13.6. The van der Waals surface area contributed by atoms with Gasteiger partial charge in [-0.15, -0.1) is 0 Å². The van der Waals surface area contributed by atoms with Crippen LogP contribution in [0.5, 0.6) is 5.75 Å². The maximum absolute atomic E-state index is 10.9. The molecule has 0 aromatic heterocycles. The van der Waals surface area contributed by atoms with Crippen molar-refractivity contribution in [2.45, 2.75) is 6.42 Å². The predicted octanol–water partition coefficient (Wildman–Crippen LogP) is 3.11. The summed E-state index contributed by atoms with van der Waals surface area (Å²) >= 11 is 0. The third-order valence-electron chi connectivity index (χ3n) is 2.18. The van der Waals surface area contributed by atoms with Gasteiger partial charge in [0.1, 0.15) is 5.75 Å². The maximum Gasteiger partial charge on any atom is 0.335 e. The molecule has 0 amide bonds. The molecule has 1 N–H and O–H groups in total. The number of carboxylic acids is 1. The lowest BCUT2D eigenvalue weighted by molar-refractivity contribution is 0.0696. The van der Waals surface area contributed by atoms with E-state index in [1.807, 2.05) is 6.08 Å². The highest BCUT2D eigenvalue weighted by molar-refractivity contribution is 5.89. The maximum atomic E-state index is 10.9. The Morgan fingerprint density at radius 2 is 2.33 bits per heavy atom. The first-order chi connectivity index (χ1) is 8.67. The van der Waals surface area contributed by atoms with Crippen molar-refractivity contribution in [3.8, 4) is 5.75 Å². The molecule has 1 rings (SSSR count). The first-order valence-corrected chi connectivity index (χ1v) is 5.27. The highest BCUT2D eigenvalue weighted by Crippen LogP contribution is 2.18. The van der Waals surface area contributed by atoms with Crippen LogP contribution in [0.2, 0.25) is 0 Å². The van der Waals surface area contributed by atoms with Crippen molar-refractivity contribution < 1.29 is 14.6 Å². The smallest absolute Gasteiger partial charge is 0.335 e. The second kappa shape index (κ2) is 6.98. The molecular weight excluding hydrogens is 234 g/mol. The van der Waals surface area contributed by atoms with Gasteiger partial charge in [0, 0.05) is 11.5 Å². The van der Waals surface area contributed by atoms with Gasteiger partial charge in [-0.1, -0.05) is 17.3 Å². The normalized spacial score (nSPS) is 10.1. The van der Waals surface area contributed by atoms with Crippen molar-refractivity contribution in [3.63, 3.8) is 0 Å². The number of azide groups is 1. The van der Waals surface area contributed by atoms with E-state index >= 15 is 0 Å². The van der Waals surface area contributed by atoms with Crippen LogP contribution in [0.25, 0.3) is 16.5 Å². The lowest BCUT2D eigenvalue weighted by Gasteiger charge is -2.03. The number of benzene rings is 1. The number of methoxy groups -OCH3 is 1. The standard InChI is InChI=1S/C12H13N3O3/c1-18-11-7-9(4-2-3-5-14-15-13)6-10(8-11)12(16)17/h2,4,6-8H,3,5H2,1H3,(H,16,17). The number of hydrogen-bond donors (Lipinski definition) is 1. The largest absolute Gasteiger partial charge is 0.497 e. The molecule has 0 atom stereocenters. The van der Waals surface area contributed by atoms with Crippen LogP contribution in [0.4, 0.5) is 0 Å². The fourth-order valence-electron chi connectivity index (χ4n) is 1.36. The second-order valence-corrected chi connectivity index (χ2v) is 3.45. The van der Waals surface area contributed by atoms with Crippen molar-refractivity contribution in [2.24, 2.45) is 5.11 Å². The van der Waals surface area contributed by atoms with Gasteiger partial charge in [0.05, 0.1) is 12.7 Å². The predicted molar refractivity (Wildman–Crippen MR) is 67.6 cm³/mol. The van der Waals surface area contributed by atoms with E-state index in [4.69, 9.17) is 15.4 Å². The minimum Gasteiger partial charge on any atom is -0.497 e. The Bertz CT molecular complexity index is 505. The van der Waals surface area contributed by atoms with Crippen molar-refractivity contribution in [3.05, 3.63) is 45.8 Å². The van der Waals surface area contributed by atoms with E-state index in [-0.39, 0.29) is 5.56 Å². The minimum atomic E-state index is -1.00.